The van der Waals surface area contributed by atoms with Gasteiger partial charge < -0.3 is 14.5 Å². The molecule has 0 bridgehead atoms. The van der Waals surface area contributed by atoms with Crippen LogP contribution in [0.3, 0.4) is 0 Å². The summed E-state index contributed by atoms with van der Waals surface area (Å²) in [6.45, 7) is 2.46. The highest BCUT2D eigenvalue weighted by Gasteiger charge is 2.34. The van der Waals surface area contributed by atoms with E-state index in [9.17, 15) is 18.3 Å². The van der Waals surface area contributed by atoms with E-state index in [1.807, 2.05) is 6.92 Å². The van der Waals surface area contributed by atoms with Crippen LogP contribution in [0.4, 0.5) is 0 Å². The lowest BCUT2D eigenvalue weighted by Gasteiger charge is -2.15. The maximum atomic E-state index is 12.0. The molecular weight excluding hydrogens is 296 g/mol. The molecule has 2 atom stereocenters. The molecule has 1 fully saturated rings. The van der Waals surface area contributed by atoms with Crippen molar-refractivity contribution in [1.29, 1.82) is 0 Å². The van der Waals surface area contributed by atoms with Crippen molar-refractivity contribution in [3.63, 3.8) is 0 Å². The zero-order chi connectivity index (χ0) is 15.6. The molecule has 21 heavy (non-hydrogen) atoms. The van der Waals surface area contributed by atoms with Gasteiger partial charge in [0.05, 0.1) is 17.6 Å². The highest BCUT2D eigenvalue weighted by molar-refractivity contribution is 7.90. The first kappa shape index (κ1) is 16.0. The summed E-state index contributed by atoms with van der Waals surface area (Å²) in [5.74, 6) is 0.168. The van der Waals surface area contributed by atoms with Crippen molar-refractivity contribution in [3.8, 4) is 0 Å². The van der Waals surface area contributed by atoms with Gasteiger partial charge in [-0.1, -0.05) is 5.16 Å². The summed E-state index contributed by atoms with van der Waals surface area (Å²) in [6.07, 6.45) is 0.948. The van der Waals surface area contributed by atoms with Crippen LogP contribution < -0.4 is 0 Å². The second-order valence-corrected chi connectivity index (χ2v) is 7.90. The van der Waals surface area contributed by atoms with Crippen LogP contribution >= 0.6 is 0 Å². The molecule has 1 aromatic rings. The standard InChI is InChI=1S/C13H20N2O5S/c1-9-5-11(20-14-9)6-10-7-15(8-12(10)16)13(17)3-4-21(2,18)19/h5,10,12,16H,3-4,6-8H2,1-2H3/t10-,12-/m1/s1. The lowest BCUT2D eigenvalue weighted by molar-refractivity contribution is -0.130. The highest BCUT2D eigenvalue weighted by Crippen LogP contribution is 2.22. The largest absolute Gasteiger partial charge is 0.391 e. The monoisotopic (exact) mass is 316 g/mol. The van der Waals surface area contributed by atoms with Gasteiger partial charge in [0.2, 0.25) is 5.91 Å². The lowest BCUT2D eigenvalue weighted by Crippen LogP contribution is -2.30. The number of aryl methyl sites for hydroxylation is 1. The van der Waals surface area contributed by atoms with E-state index in [1.165, 1.54) is 4.90 Å². The van der Waals surface area contributed by atoms with Crippen LogP contribution in [0.2, 0.25) is 0 Å². The van der Waals surface area contributed by atoms with Gasteiger partial charge in [0.15, 0.2) is 0 Å². The third-order valence-electron chi connectivity index (χ3n) is 3.59. The van der Waals surface area contributed by atoms with Crippen molar-refractivity contribution in [3.05, 3.63) is 17.5 Å². The van der Waals surface area contributed by atoms with Crippen LogP contribution in [0, 0.1) is 12.8 Å². The Balaban J connectivity index is 1.89. The summed E-state index contributed by atoms with van der Waals surface area (Å²) in [6, 6.07) is 1.81. The van der Waals surface area contributed by atoms with Crippen LogP contribution in [-0.2, 0) is 21.1 Å². The molecule has 1 aromatic heterocycles. The minimum absolute atomic E-state index is 0.0420. The first-order chi connectivity index (χ1) is 9.74. The molecule has 0 aromatic carbocycles. The van der Waals surface area contributed by atoms with E-state index in [2.05, 4.69) is 5.16 Å². The molecule has 0 saturated carbocycles. The Kier molecular flexibility index (Phi) is 4.67. The van der Waals surface area contributed by atoms with Gasteiger partial charge in [0, 0.05) is 44.2 Å². The average Bonchev–Trinajstić information content (AvgIpc) is 2.93. The van der Waals surface area contributed by atoms with Gasteiger partial charge in [0.1, 0.15) is 15.6 Å². The number of likely N-dealkylation sites (tertiary alicyclic amines) is 1. The van der Waals surface area contributed by atoms with Crippen LogP contribution in [0.5, 0.6) is 0 Å². The lowest BCUT2D eigenvalue weighted by atomic mass is 10.0. The number of rotatable bonds is 5. The van der Waals surface area contributed by atoms with Gasteiger partial charge in [-0.3, -0.25) is 4.79 Å². The number of aromatic nitrogens is 1. The van der Waals surface area contributed by atoms with Gasteiger partial charge in [-0.2, -0.15) is 0 Å². The molecule has 2 heterocycles. The third kappa shape index (κ3) is 4.53. The SMILES string of the molecule is Cc1cc(C[C@@H]2CN(C(=O)CCS(C)(=O)=O)C[C@H]2O)on1. The normalized spacial score (nSPS) is 22.7. The average molecular weight is 316 g/mol. The molecule has 118 valence electrons. The molecule has 0 aliphatic carbocycles. The number of carbonyl (C=O) groups is 1. The number of aliphatic hydroxyl groups excluding tert-OH is 1. The maximum Gasteiger partial charge on any atom is 0.223 e. The molecule has 1 saturated heterocycles. The topological polar surface area (TPSA) is 101 Å². The maximum absolute atomic E-state index is 12.0. The van der Waals surface area contributed by atoms with Crippen LogP contribution in [-0.4, -0.2) is 60.7 Å². The van der Waals surface area contributed by atoms with E-state index in [0.717, 1.165) is 11.9 Å². The summed E-state index contributed by atoms with van der Waals surface area (Å²) >= 11 is 0. The van der Waals surface area contributed by atoms with Gasteiger partial charge >= 0.3 is 0 Å². The fourth-order valence-corrected chi connectivity index (χ4v) is 3.01. The number of carbonyl (C=O) groups excluding carboxylic acids is 1. The Morgan fingerprint density at radius 2 is 2.24 bits per heavy atom. The van der Waals surface area contributed by atoms with Crippen molar-refractivity contribution in [2.24, 2.45) is 5.92 Å². The van der Waals surface area contributed by atoms with Gasteiger partial charge in [-0.05, 0) is 6.92 Å². The van der Waals surface area contributed by atoms with E-state index in [1.54, 1.807) is 6.07 Å². The molecule has 2 rings (SSSR count). The summed E-state index contributed by atoms with van der Waals surface area (Å²) in [7, 11) is -3.15. The number of hydrogen-bond donors (Lipinski definition) is 1. The van der Waals surface area contributed by atoms with Crippen molar-refractivity contribution in [2.75, 3.05) is 25.1 Å². The van der Waals surface area contributed by atoms with Gasteiger partial charge in [-0.25, -0.2) is 8.42 Å². The number of aliphatic hydroxyl groups is 1. The number of amides is 1. The zero-order valence-corrected chi connectivity index (χ0v) is 13.0. The number of sulfone groups is 1. The number of hydrogen-bond acceptors (Lipinski definition) is 6. The second-order valence-electron chi connectivity index (χ2n) is 5.64. The molecule has 0 radical (unpaired) electrons. The van der Waals surface area contributed by atoms with E-state index in [4.69, 9.17) is 4.52 Å². The van der Waals surface area contributed by atoms with E-state index < -0.39 is 15.9 Å². The smallest absolute Gasteiger partial charge is 0.223 e. The molecular formula is C13H20N2O5S. The number of nitrogens with zero attached hydrogens (tertiary/aromatic N) is 2. The van der Waals surface area contributed by atoms with E-state index in [0.29, 0.717) is 18.7 Å². The Labute approximate surface area is 123 Å². The Bertz CT molecular complexity index is 610. The van der Waals surface area contributed by atoms with Crippen LogP contribution in [0.15, 0.2) is 10.6 Å². The molecule has 1 aliphatic heterocycles. The van der Waals surface area contributed by atoms with E-state index in [-0.39, 0.29) is 30.5 Å². The van der Waals surface area contributed by atoms with Crippen molar-refractivity contribution < 1.29 is 22.8 Å². The van der Waals surface area contributed by atoms with Crippen molar-refractivity contribution >= 4 is 15.7 Å². The summed E-state index contributed by atoms with van der Waals surface area (Å²) in [4.78, 5) is 13.5. The number of β-amino-alcohol motifs (C(OH)–C–C–N with tert-alkyl or cyclic N) is 1. The Morgan fingerprint density at radius 1 is 1.52 bits per heavy atom. The Morgan fingerprint density at radius 3 is 2.81 bits per heavy atom. The van der Waals surface area contributed by atoms with Gasteiger partial charge in [0.25, 0.3) is 0 Å². The minimum atomic E-state index is -3.15. The van der Waals surface area contributed by atoms with E-state index >= 15 is 0 Å². The first-order valence-electron chi connectivity index (χ1n) is 6.80. The fraction of sp³-hybridized carbons (Fsp3) is 0.692. The first-order valence-corrected chi connectivity index (χ1v) is 8.86. The predicted octanol–water partition coefficient (Wildman–Crippen LogP) is -0.220. The highest BCUT2D eigenvalue weighted by atomic mass is 32.2. The molecule has 0 unspecified atom stereocenters. The molecule has 1 N–H and O–H groups in total. The quantitative estimate of drug-likeness (QED) is 0.806. The zero-order valence-electron chi connectivity index (χ0n) is 12.2. The minimum Gasteiger partial charge on any atom is -0.391 e. The third-order valence-corrected chi connectivity index (χ3v) is 4.53. The molecule has 1 amide bonds. The predicted molar refractivity (Wildman–Crippen MR) is 75.3 cm³/mol. The van der Waals surface area contributed by atoms with Crippen molar-refractivity contribution in [1.82, 2.24) is 10.1 Å². The molecule has 1 aliphatic rings. The van der Waals surface area contributed by atoms with Crippen molar-refractivity contribution in [2.45, 2.75) is 25.9 Å². The second kappa shape index (κ2) is 6.15. The van der Waals surface area contributed by atoms with Gasteiger partial charge in [-0.15, -0.1) is 0 Å². The summed E-state index contributed by atoms with van der Waals surface area (Å²) < 4.78 is 27.3. The molecule has 0 spiro atoms. The molecule has 8 heteroatoms. The van der Waals surface area contributed by atoms with Crippen LogP contribution in [0.1, 0.15) is 17.9 Å². The fourth-order valence-electron chi connectivity index (χ4n) is 2.46. The van der Waals surface area contributed by atoms with Crippen LogP contribution in [0.25, 0.3) is 0 Å². The molecule has 7 nitrogen and oxygen atoms in total. The Hall–Kier alpha value is -1.41. The summed E-state index contributed by atoms with van der Waals surface area (Å²) in [5, 5.41) is 13.8. The summed E-state index contributed by atoms with van der Waals surface area (Å²) in [5.41, 5.74) is 0.776.